The first kappa shape index (κ1) is 23.6. The lowest BCUT2D eigenvalue weighted by molar-refractivity contribution is -0.133. The van der Waals surface area contributed by atoms with Gasteiger partial charge in [0.15, 0.2) is 0 Å². The summed E-state index contributed by atoms with van der Waals surface area (Å²) in [6.45, 7) is 6.58. The third-order valence-corrected chi connectivity index (χ3v) is 4.65. The van der Waals surface area contributed by atoms with Crippen LogP contribution >= 0.6 is 24.8 Å². The molecule has 2 saturated heterocycles. The lowest BCUT2D eigenvalue weighted by Gasteiger charge is -2.32. The van der Waals surface area contributed by atoms with Crippen molar-refractivity contribution in [2.75, 3.05) is 51.7 Å². The van der Waals surface area contributed by atoms with Crippen LogP contribution in [0, 0.1) is 0 Å². The van der Waals surface area contributed by atoms with Crippen LogP contribution in [0.15, 0.2) is 12.4 Å². The molecule has 0 radical (unpaired) electrons. The first-order valence-corrected chi connectivity index (χ1v) is 8.67. The molecule has 3 rings (SSSR count). The number of carbonyl (C=O) groups is 2. The van der Waals surface area contributed by atoms with E-state index in [0.717, 1.165) is 26.2 Å². The van der Waals surface area contributed by atoms with Gasteiger partial charge in [-0.25, -0.2) is 0 Å². The summed E-state index contributed by atoms with van der Waals surface area (Å²) in [5.74, 6) is -0.109. The Balaban J connectivity index is 0.00000182. The van der Waals surface area contributed by atoms with Gasteiger partial charge in [-0.05, 0) is 14.0 Å². The van der Waals surface area contributed by atoms with Gasteiger partial charge in [0.1, 0.15) is 12.6 Å². The lowest BCUT2D eigenvalue weighted by atomic mass is 10.1. The maximum absolute atomic E-state index is 12.3. The average Bonchev–Trinajstić information content (AvgIpc) is 3.02. The van der Waals surface area contributed by atoms with Crippen molar-refractivity contribution in [1.29, 1.82) is 0 Å². The van der Waals surface area contributed by atoms with Crippen LogP contribution in [0.1, 0.15) is 6.92 Å². The number of hydrogen-bond acceptors (Lipinski definition) is 6. The number of piperazine rings is 1. The van der Waals surface area contributed by atoms with Gasteiger partial charge in [-0.1, -0.05) is 0 Å². The monoisotopic (exact) mass is 422 g/mol. The van der Waals surface area contributed by atoms with Crippen LogP contribution in [0.2, 0.25) is 0 Å². The molecule has 0 aliphatic carbocycles. The summed E-state index contributed by atoms with van der Waals surface area (Å²) in [5, 5.41) is 10.1. The lowest BCUT2D eigenvalue weighted by Crippen LogP contribution is -2.53. The summed E-state index contributed by atoms with van der Waals surface area (Å²) in [6, 6.07) is -0.385. The van der Waals surface area contributed by atoms with Crippen LogP contribution in [0.5, 0.6) is 0 Å². The molecule has 0 spiro atoms. The molecule has 0 unspecified atom stereocenters. The number of rotatable bonds is 4. The zero-order valence-electron chi connectivity index (χ0n) is 15.6. The minimum absolute atomic E-state index is 0. The van der Waals surface area contributed by atoms with Crippen molar-refractivity contribution in [2.24, 2.45) is 0 Å². The largest absolute Gasteiger partial charge is 0.375 e. The van der Waals surface area contributed by atoms with Crippen LogP contribution in [0.3, 0.4) is 0 Å². The highest BCUT2D eigenvalue weighted by atomic mass is 35.5. The molecule has 154 valence electrons. The molecule has 2 amide bonds. The average molecular weight is 423 g/mol. The smallest absolute Gasteiger partial charge is 0.244 e. The third-order valence-electron chi connectivity index (χ3n) is 4.65. The standard InChI is InChI=1S/C16H26N6O3.2ClH/c1-12-15(17-3-8-25-12)16(24)19-13-9-18-22(10-13)11-14(23)21-6-4-20(2)5-7-21;;/h9-10,12,15,17H,3-8,11H2,1-2H3,(H,19,24);2*1H/t12-,15+;;/m1../s1. The van der Waals surface area contributed by atoms with E-state index in [2.05, 4.69) is 27.7 Å². The Morgan fingerprint density at radius 2 is 2.00 bits per heavy atom. The molecule has 2 aliphatic heterocycles. The molecule has 9 nitrogen and oxygen atoms in total. The highest BCUT2D eigenvalue weighted by molar-refractivity contribution is 5.95. The SMILES string of the molecule is C[C@H]1OCCN[C@@H]1C(=O)Nc1cnn(CC(=O)N2CCN(C)CC2)c1.Cl.Cl. The highest BCUT2D eigenvalue weighted by Crippen LogP contribution is 2.10. The minimum Gasteiger partial charge on any atom is -0.375 e. The van der Waals surface area contributed by atoms with Gasteiger partial charge in [-0.15, -0.1) is 24.8 Å². The van der Waals surface area contributed by atoms with Crippen molar-refractivity contribution in [3.63, 3.8) is 0 Å². The van der Waals surface area contributed by atoms with E-state index >= 15 is 0 Å². The zero-order valence-corrected chi connectivity index (χ0v) is 17.2. The van der Waals surface area contributed by atoms with E-state index in [9.17, 15) is 9.59 Å². The number of anilines is 1. The Hall–Kier alpha value is -1.39. The number of carbonyl (C=O) groups excluding carboxylic acids is 2. The molecule has 1 aromatic rings. The summed E-state index contributed by atoms with van der Waals surface area (Å²) in [6.07, 6.45) is 3.06. The number of hydrogen-bond donors (Lipinski definition) is 2. The van der Waals surface area contributed by atoms with Gasteiger partial charge in [0, 0.05) is 38.9 Å². The van der Waals surface area contributed by atoms with E-state index in [1.165, 1.54) is 0 Å². The topological polar surface area (TPSA) is 91.7 Å². The molecule has 3 heterocycles. The number of morpholine rings is 1. The molecule has 2 N–H and O–H groups in total. The molecule has 27 heavy (non-hydrogen) atoms. The zero-order chi connectivity index (χ0) is 17.8. The second-order valence-corrected chi connectivity index (χ2v) is 6.61. The molecule has 2 atom stereocenters. The third kappa shape index (κ3) is 6.32. The second-order valence-electron chi connectivity index (χ2n) is 6.61. The maximum atomic E-state index is 12.3. The van der Waals surface area contributed by atoms with Gasteiger partial charge >= 0.3 is 0 Å². The van der Waals surface area contributed by atoms with E-state index < -0.39 is 0 Å². The van der Waals surface area contributed by atoms with Gasteiger partial charge in [0.05, 0.1) is 24.6 Å². The van der Waals surface area contributed by atoms with Crippen LogP contribution in [-0.4, -0.2) is 89.9 Å². The number of ether oxygens (including phenoxy) is 1. The predicted octanol–water partition coefficient (Wildman–Crippen LogP) is -0.184. The summed E-state index contributed by atoms with van der Waals surface area (Å²) in [4.78, 5) is 28.7. The number of halogens is 2. The van der Waals surface area contributed by atoms with Crippen molar-refractivity contribution >= 4 is 42.3 Å². The van der Waals surface area contributed by atoms with Crippen LogP contribution < -0.4 is 10.6 Å². The van der Waals surface area contributed by atoms with E-state index in [1.807, 2.05) is 11.8 Å². The van der Waals surface area contributed by atoms with Gasteiger partial charge < -0.3 is 25.2 Å². The van der Waals surface area contributed by atoms with Crippen LogP contribution in [-0.2, 0) is 20.9 Å². The quantitative estimate of drug-likeness (QED) is 0.698. The Morgan fingerprint density at radius 3 is 2.67 bits per heavy atom. The second kappa shape index (κ2) is 10.8. The number of aromatic nitrogens is 2. The van der Waals surface area contributed by atoms with Gasteiger partial charge in [0.25, 0.3) is 0 Å². The van der Waals surface area contributed by atoms with Crippen molar-refractivity contribution in [1.82, 2.24) is 24.9 Å². The number of likely N-dealkylation sites (N-methyl/N-ethyl adjacent to an activating group) is 1. The molecular weight excluding hydrogens is 395 g/mol. The number of amides is 2. The van der Waals surface area contributed by atoms with E-state index in [1.54, 1.807) is 17.1 Å². The first-order chi connectivity index (χ1) is 12.0. The first-order valence-electron chi connectivity index (χ1n) is 8.67. The summed E-state index contributed by atoms with van der Waals surface area (Å²) < 4.78 is 7.04. The van der Waals surface area contributed by atoms with Gasteiger partial charge in [-0.3, -0.25) is 14.3 Å². The number of nitrogens with zero attached hydrogens (tertiary/aromatic N) is 4. The fraction of sp³-hybridized carbons (Fsp3) is 0.688. The van der Waals surface area contributed by atoms with Crippen molar-refractivity contribution in [3.8, 4) is 0 Å². The molecule has 0 saturated carbocycles. The highest BCUT2D eigenvalue weighted by Gasteiger charge is 2.28. The van der Waals surface area contributed by atoms with Crippen molar-refractivity contribution in [2.45, 2.75) is 25.6 Å². The summed E-state index contributed by atoms with van der Waals surface area (Å²) in [7, 11) is 2.05. The molecule has 2 aliphatic rings. The van der Waals surface area contributed by atoms with Crippen LogP contribution in [0.4, 0.5) is 5.69 Å². The Morgan fingerprint density at radius 1 is 1.30 bits per heavy atom. The Bertz CT molecular complexity index is 621. The molecule has 0 aromatic carbocycles. The Labute approximate surface area is 171 Å². The van der Waals surface area contributed by atoms with Crippen molar-refractivity contribution < 1.29 is 14.3 Å². The minimum atomic E-state index is -0.385. The number of nitrogens with one attached hydrogen (secondary N) is 2. The molecule has 2 fully saturated rings. The molecular formula is C16H28Cl2N6O3. The van der Waals surface area contributed by atoms with E-state index in [4.69, 9.17) is 4.74 Å². The molecule has 1 aromatic heterocycles. The Kier molecular flexibility index (Phi) is 9.48. The molecule has 11 heteroatoms. The van der Waals surface area contributed by atoms with Crippen molar-refractivity contribution in [3.05, 3.63) is 12.4 Å². The van der Waals surface area contributed by atoms with Gasteiger partial charge in [-0.2, -0.15) is 5.10 Å². The normalized spacial score (nSPS) is 23.1. The van der Waals surface area contributed by atoms with E-state index in [-0.39, 0.29) is 55.3 Å². The van der Waals surface area contributed by atoms with E-state index in [0.29, 0.717) is 18.8 Å². The van der Waals surface area contributed by atoms with Gasteiger partial charge in [0.2, 0.25) is 11.8 Å². The van der Waals surface area contributed by atoms with Crippen LogP contribution in [0.25, 0.3) is 0 Å². The molecule has 0 bridgehead atoms. The summed E-state index contributed by atoms with van der Waals surface area (Å²) >= 11 is 0. The predicted molar refractivity (Wildman–Crippen MR) is 107 cm³/mol. The maximum Gasteiger partial charge on any atom is 0.244 e. The summed E-state index contributed by atoms with van der Waals surface area (Å²) in [5.41, 5.74) is 0.579. The fourth-order valence-corrected chi connectivity index (χ4v) is 3.06. The fourth-order valence-electron chi connectivity index (χ4n) is 3.06.